The standard InChI is InChI=1S/C16H15Cl2N3/c1-10(11-4-5-14(17)15(18)7-11)20-8-12-9-21-16-13(12)3-2-6-19-16/h2-7,9-10,20H,8H2,1H3,(H,19,21). The Balaban J connectivity index is 1.73. The lowest BCUT2D eigenvalue weighted by molar-refractivity contribution is 0.576. The van der Waals surface area contributed by atoms with Crippen LogP contribution in [-0.4, -0.2) is 9.97 Å². The first-order valence-electron chi connectivity index (χ1n) is 6.74. The Kier molecular flexibility index (Phi) is 4.15. The first kappa shape index (κ1) is 14.4. The molecule has 0 amide bonds. The van der Waals surface area contributed by atoms with Gasteiger partial charge < -0.3 is 10.3 Å². The molecule has 3 rings (SSSR count). The highest BCUT2D eigenvalue weighted by atomic mass is 35.5. The fourth-order valence-corrected chi connectivity index (χ4v) is 2.63. The summed E-state index contributed by atoms with van der Waals surface area (Å²) in [7, 11) is 0. The summed E-state index contributed by atoms with van der Waals surface area (Å²) in [5, 5.41) is 5.80. The van der Waals surface area contributed by atoms with Crippen molar-refractivity contribution in [1.82, 2.24) is 15.3 Å². The minimum Gasteiger partial charge on any atom is -0.346 e. The molecule has 21 heavy (non-hydrogen) atoms. The van der Waals surface area contributed by atoms with Crippen molar-refractivity contribution in [3.05, 3.63) is 63.9 Å². The van der Waals surface area contributed by atoms with Gasteiger partial charge in [0, 0.05) is 30.4 Å². The van der Waals surface area contributed by atoms with E-state index in [9.17, 15) is 0 Å². The third-order valence-corrected chi connectivity index (χ3v) is 4.32. The van der Waals surface area contributed by atoms with Crippen LogP contribution in [-0.2, 0) is 6.54 Å². The molecule has 1 unspecified atom stereocenters. The number of halogens is 2. The van der Waals surface area contributed by atoms with Crippen LogP contribution >= 0.6 is 23.2 Å². The van der Waals surface area contributed by atoms with Gasteiger partial charge in [-0.25, -0.2) is 4.98 Å². The van der Waals surface area contributed by atoms with Crippen LogP contribution in [0.5, 0.6) is 0 Å². The molecule has 0 aliphatic carbocycles. The lowest BCUT2D eigenvalue weighted by Crippen LogP contribution is -2.17. The zero-order valence-corrected chi connectivity index (χ0v) is 13.0. The highest BCUT2D eigenvalue weighted by Gasteiger charge is 2.09. The third-order valence-electron chi connectivity index (χ3n) is 3.58. The van der Waals surface area contributed by atoms with Gasteiger partial charge in [0.1, 0.15) is 5.65 Å². The van der Waals surface area contributed by atoms with Crippen molar-refractivity contribution >= 4 is 34.2 Å². The quantitative estimate of drug-likeness (QED) is 0.730. The van der Waals surface area contributed by atoms with E-state index in [1.165, 1.54) is 5.56 Å². The lowest BCUT2D eigenvalue weighted by Gasteiger charge is -2.14. The Morgan fingerprint density at radius 3 is 2.90 bits per heavy atom. The van der Waals surface area contributed by atoms with E-state index in [1.54, 1.807) is 6.20 Å². The fraction of sp³-hybridized carbons (Fsp3) is 0.188. The third kappa shape index (κ3) is 3.05. The van der Waals surface area contributed by atoms with Crippen molar-refractivity contribution in [2.75, 3.05) is 0 Å². The van der Waals surface area contributed by atoms with Crippen molar-refractivity contribution in [2.45, 2.75) is 19.5 Å². The molecule has 108 valence electrons. The molecule has 0 aliphatic heterocycles. The van der Waals surface area contributed by atoms with Gasteiger partial charge in [-0.15, -0.1) is 0 Å². The van der Waals surface area contributed by atoms with Gasteiger partial charge in [-0.3, -0.25) is 0 Å². The minimum absolute atomic E-state index is 0.182. The number of aromatic nitrogens is 2. The normalized spacial score (nSPS) is 12.7. The summed E-state index contributed by atoms with van der Waals surface area (Å²) in [5.41, 5.74) is 3.23. The molecule has 0 radical (unpaired) electrons. The summed E-state index contributed by atoms with van der Waals surface area (Å²) < 4.78 is 0. The molecule has 0 saturated heterocycles. The second kappa shape index (κ2) is 6.06. The predicted octanol–water partition coefficient (Wildman–Crippen LogP) is 4.72. The topological polar surface area (TPSA) is 40.7 Å². The Morgan fingerprint density at radius 1 is 1.24 bits per heavy atom. The van der Waals surface area contributed by atoms with Crippen molar-refractivity contribution in [3.63, 3.8) is 0 Å². The van der Waals surface area contributed by atoms with Crippen LogP contribution in [0.3, 0.4) is 0 Å². The molecule has 2 aromatic heterocycles. The van der Waals surface area contributed by atoms with Crippen molar-refractivity contribution in [1.29, 1.82) is 0 Å². The van der Waals surface area contributed by atoms with E-state index in [2.05, 4.69) is 28.3 Å². The molecule has 5 heteroatoms. The molecule has 0 aliphatic rings. The maximum absolute atomic E-state index is 6.06. The van der Waals surface area contributed by atoms with E-state index in [0.29, 0.717) is 10.0 Å². The summed E-state index contributed by atoms with van der Waals surface area (Å²) in [6, 6.07) is 9.91. The van der Waals surface area contributed by atoms with Crippen LogP contribution in [0.2, 0.25) is 10.0 Å². The summed E-state index contributed by atoms with van der Waals surface area (Å²) >= 11 is 12.0. The van der Waals surface area contributed by atoms with Gasteiger partial charge in [0.15, 0.2) is 0 Å². The van der Waals surface area contributed by atoms with Crippen molar-refractivity contribution in [2.24, 2.45) is 0 Å². The van der Waals surface area contributed by atoms with Gasteiger partial charge in [0.25, 0.3) is 0 Å². The van der Waals surface area contributed by atoms with Gasteiger partial charge in [-0.2, -0.15) is 0 Å². The average molecular weight is 320 g/mol. The highest BCUT2D eigenvalue weighted by Crippen LogP contribution is 2.26. The van der Waals surface area contributed by atoms with E-state index < -0.39 is 0 Å². The van der Waals surface area contributed by atoms with Crippen LogP contribution < -0.4 is 5.32 Å². The van der Waals surface area contributed by atoms with Crippen LogP contribution in [0.15, 0.2) is 42.7 Å². The minimum atomic E-state index is 0.182. The van der Waals surface area contributed by atoms with Gasteiger partial charge in [0.2, 0.25) is 0 Å². The Bertz CT molecular complexity index is 767. The second-order valence-corrected chi connectivity index (χ2v) is 5.80. The number of H-pyrrole nitrogens is 1. The fourth-order valence-electron chi connectivity index (χ4n) is 2.32. The van der Waals surface area contributed by atoms with E-state index in [1.807, 2.05) is 30.5 Å². The van der Waals surface area contributed by atoms with Gasteiger partial charge in [-0.05, 0) is 42.3 Å². The smallest absolute Gasteiger partial charge is 0.137 e. The maximum Gasteiger partial charge on any atom is 0.137 e. The molecule has 0 saturated carbocycles. The molecule has 3 nitrogen and oxygen atoms in total. The molecule has 1 atom stereocenters. The molecule has 0 spiro atoms. The maximum atomic E-state index is 6.06. The SMILES string of the molecule is CC(NCc1c[nH]c2ncccc12)c1ccc(Cl)c(Cl)c1. The molecule has 3 aromatic rings. The zero-order valence-electron chi connectivity index (χ0n) is 11.5. The first-order chi connectivity index (χ1) is 10.1. The molecule has 0 fully saturated rings. The number of rotatable bonds is 4. The number of aromatic amines is 1. The number of nitrogens with zero attached hydrogens (tertiary/aromatic N) is 1. The Labute approximate surface area is 133 Å². The highest BCUT2D eigenvalue weighted by molar-refractivity contribution is 6.42. The van der Waals surface area contributed by atoms with Gasteiger partial charge >= 0.3 is 0 Å². The van der Waals surface area contributed by atoms with Crippen LogP contribution in [0, 0.1) is 0 Å². The summed E-state index contributed by atoms with van der Waals surface area (Å²) in [6.45, 7) is 2.86. The number of benzene rings is 1. The number of hydrogen-bond acceptors (Lipinski definition) is 2. The van der Waals surface area contributed by atoms with Crippen LogP contribution in [0.4, 0.5) is 0 Å². The molecular formula is C16H15Cl2N3. The van der Waals surface area contributed by atoms with Gasteiger partial charge in [-0.1, -0.05) is 29.3 Å². The zero-order chi connectivity index (χ0) is 14.8. The predicted molar refractivity (Wildman–Crippen MR) is 87.8 cm³/mol. The van der Waals surface area contributed by atoms with E-state index in [4.69, 9.17) is 23.2 Å². The van der Waals surface area contributed by atoms with E-state index in [0.717, 1.165) is 23.1 Å². The van der Waals surface area contributed by atoms with Crippen LogP contribution in [0.25, 0.3) is 11.0 Å². The molecular weight excluding hydrogens is 305 g/mol. The van der Waals surface area contributed by atoms with Crippen molar-refractivity contribution < 1.29 is 0 Å². The summed E-state index contributed by atoms with van der Waals surface area (Å²) in [5.74, 6) is 0. The number of fused-ring (bicyclic) bond motifs is 1. The lowest BCUT2D eigenvalue weighted by atomic mass is 10.1. The number of nitrogens with one attached hydrogen (secondary N) is 2. The molecule has 2 N–H and O–H groups in total. The van der Waals surface area contributed by atoms with Gasteiger partial charge in [0.05, 0.1) is 10.0 Å². The molecule has 2 heterocycles. The Morgan fingerprint density at radius 2 is 2.10 bits per heavy atom. The molecule has 1 aromatic carbocycles. The Hall–Kier alpha value is -1.55. The summed E-state index contributed by atoms with van der Waals surface area (Å²) in [6.07, 6.45) is 3.78. The average Bonchev–Trinajstić information content (AvgIpc) is 2.91. The van der Waals surface area contributed by atoms with E-state index >= 15 is 0 Å². The monoisotopic (exact) mass is 319 g/mol. The number of pyridine rings is 1. The molecule has 0 bridgehead atoms. The van der Waals surface area contributed by atoms with E-state index in [-0.39, 0.29) is 6.04 Å². The second-order valence-electron chi connectivity index (χ2n) is 4.99. The first-order valence-corrected chi connectivity index (χ1v) is 7.50. The van der Waals surface area contributed by atoms with Crippen LogP contribution in [0.1, 0.15) is 24.1 Å². The largest absolute Gasteiger partial charge is 0.346 e. The van der Waals surface area contributed by atoms with Crippen molar-refractivity contribution in [3.8, 4) is 0 Å². The number of hydrogen-bond donors (Lipinski definition) is 2. The summed E-state index contributed by atoms with van der Waals surface area (Å²) in [4.78, 5) is 7.47.